The van der Waals surface area contributed by atoms with E-state index in [0.29, 0.717) is 6.10 Å². The molecule has 1 aliphatic rings. The van der Waals surface area contributed by atoms with Crippen molar-refractivity contribution < 1.29 is 4.74 Å². The minimum absolute atomic E-state index is 0.455. The van der Waals surface area contributed by atoms with Crippen LogP contribution in [-0.2, 0) is 4.74 Å². The summed E-state index contributed by atoms with van der Waals surface area (Å²) in [6, 6.07) is 10.3. The van der Waals surface area contributed by atoms with Crippen molar-refractivity contribution in [1.29, 1.82) is 0 Å². The first-order valence-electron chi connectivity index (χ1n) is 6.43. The zero-order valence-electron chi connectivity index (χ0n) is 10.6. The van der Waals surface area contributed by atoms with E-state index in [2.05, 4.69) is 41.5 Å². The maximum absolute atomic E-state index is 5.63. The molecule has 0 bridgehead atoms. The van der Waals surface area contributed by atoms with Crippen LogP contribution in [-0.4, -0.2) is 44.3 Å². The molecule has 1 aliphatic heterocycles. The predicted octanol–water partition coefficient (Wildman–Crippen LogP) is 2.21. The van der Waals surface area contributed by atoms with Crippen LogP contribution in [0.2, 0.25) is 0 Å². The predicted molar refractivity (Wildman–Crippen MR) is 71.4 cm³/mol. The Kier molecular flexibility index (Phi) is 4.83. The molecule has 1 atom stereocenters. The molecule has 0 radical (unpaired) electrons. The molecule has 0 aromatic heterocycles. The molecule has 1 heterocycles. The van der Waals surface area contributed by atoms with Gasteiger partial charge in [-0.05, 0) is 32.0 Å². The summed E-state index contributed by atoms with van der Waals surface area (Å²) in [6.45, 7) is 4.03. The van der Waals surface area contributed by atoms with Gasteiger partial charge in [-0.25, -0.2) is 0 Å². The zero-order valence-corrected chi connectivity index (χ0v) is 10.6. The van der Waals surface area contributed by atoms with Gasteiger partial charge in [-0.1, -0.05) is 18.2 Å². The fourth-order valence-corrected chi connectivity index (χ4v) is 2.17. The number of nitrogens with one attached hydrogen (secondary N) is 1. The Labute approximate surface area is 104 Å². The van der Waals surface area contributed by atoms with Crippen molar-refractivity contribution in [2.24, 2.45) is 0 Å². The van der Waals surface area contributed by atoms with Crippen molar-refractivity contribution in [3.05, 3.63) is 30.3 Å². The lowest BCUT2D eigenvalue weighted by Gasteiger charge is -2.20. The number of likely N-dealkylation sites (N-methyl/N-ethyl adjacent to an activating group) is 1. The summed E-state index contributed by atoms with van der Waals surface area (Å²) >= 11 is 0. The van der Waals surface area contributed by atoms with Crippen LogP contribution in [0.3, 0.4) is 0 Å². The molecule has 17 heavy (non-hydrogen) atoms. The number of hydrogen-bond donors (Lipinski definition) is 1. The van der Waals surface area contributed by atoms with Gasteiger partial charge in [0.15, 0.2) is 0 Å². The van der Waals surface area contributed by atoms with Crippen LogP contribution in [0.4, 0.5) is 5.69 Å². The molecule has 1 aromatic rings. The van der Waals surface area contributed by atoms with Gasteiger partial charge in [0.2, 0.25) is 0 Å². The van der Waals surface area contributed by atoms with E-state index >= 15 is 0 Å². The van der Waals surface area contributed by atoms with E-state index in [-0.39, 0.29) is 0 Å². The van der Waals surface area contributed by atoms with Gasteiger partial charge >= 0.3 is 0 Å². The first-order valence-corrected chi connectivity index (χ1v) is 6.43. The second kappa shape index (κ2) is 6.62. The Morgan fingerprint density at radius 3 is 2.88 bits per heavy atom. The molecule has 1 saturated heterocycles. The number of benzene rings is 1. The summed E-state index contributed by atoms with van der Waals surface area (Å²) in [5.41, 5.74) is 1.19. The second-order valence-electron chi connectivity index (χ2n) is 4.69. The Hall–Kier alpha value is -1.06. The van der Waals surface area contributed by atoms with Crippen molar-refractivity contribution >= 4 is 5.69 Å². The molecule has 1 fully saturated rings. The van der Waals surface area contributed by atoms with Crippen molar-refractivity contribution in [1.82, 2.24) is 4.90 Å². The molecule has 2 rings (SSSR count). The first-order chi connectivity index (χ1) is 8.34. The average molecular weight is 234 g/mol. The number of nitrogens with zero attached hydrogens (tertiary/aromatic N) is 1. The molecule has 1 unspecified atom stereocenters. The number of rotatable bonds is 6. The van der Waals surface area contributed by atoms with Crippen LogP contribution < -0.4 is 5.32 Å². The van der Waals surface area contributed by atoms with Gasteiger partial charge in [-0.3, -0.25) is 0 Å². The summed E-state index contributed by atoms with van der Waals surface area (Å²) in [5, 5.41) is 3.42. The zero-order chi connectivity index (χ0) is 11.9. The third kappa shape index (κ3) is 4.36. The third-order valence-corrected chi connectivity index (χ3v) is 3.14. The minimum atomic E-state index is 0.455. The highest BCUT2D eigenvalue weighted by molar-refractivity contribution is 5.42. The molecule has 0 amide bonds. The molecular formula is C14H22N2O. The molecule has 0 saturated carbocycles. The molecule has 0 aliphatic carbocycles. The van der Waals surface area contributed by atoms with Crippen molar-refractivity contribution in [3.63, 3.8) is 0 Å². The van der Waals surface area contributed by atoms with Crippen LogP contribution in [0.5, 0.6) is 0 Å². The summed E-state index contributed by atoms with van der Waals surface area (Å²) in [4.78, 5) is 2.34. The molecule has 94 valence electrons. The van der Waals surface area contributed by atoms with Gasteiger partial charge < -0.3 is 15.0 Å². The summed E-state index contributed by atoms with van der Waals surface area (Å²) in [5.74, 6) is 0. The Bertz CT molecular complexity index is 309. The largest absolute Gasteiger partial charge is 0.384 e. The second-order valence-corrected chi connectivity index (χ2v) is 4.69. The van der Waals surface area contributed by atoms with E-state index in [1.165, 1.54) is 18.5 Å². The minimum Gasteiger partial charge on any atom is -0.384 e. The van der Waals surface area contributed by atoms with Crippen molar-refractivity contribution in [2.45, 2.75) is 18.9 Å². The first kappa shape index (κ1) is 12.4. The summed E-state index contributed by atoms with van der Waals surface area (Å²) in [6.07, 6.45) is 2.90. The van der Waals surface area contributed by atoms with Gasteiger partial charge in [0.05, 0.1) is 6.10 Å². The maximum Gasteiger partial charge on any atom is 0.0702 e. The third-order valence-electron chi connectivity index (χ3n) is 3.14. The lowest BCUT2D eigenvalue weighted by Crippen LogP contribution is -2.32. The summed E-state index contributed by atoms with van der Waals surface area (Å²) in [7, 11) is 2.16. The quantitative estimate of drug-likeness (QED) is 0.816. The van der Waals surface area contributed by atoms with Crippen LogP contribution >= 0.6 is 0 Å². The fourth-order valence-electron chi connectivity index (χ4n) is 2.17. The van der Waals surface area contributed by atoms with Gasteiger partial charge in [0.25, 0.3) is 0 Å². The highest BCUT2D eigenvalue weighted by atomic mass is 16.5. The molecule has 1 N–H and O–H groups in total. The van der Waals surface area contributed by atoms with Crippen molar-refractivity contribution in [3.8, 4) is 0 Å². The highest BCUT2D eigenvalue weighted by Crippen LogP contribution is 2.12. The Balaban J connectivity index is 1.61. The number of para-hydroxylation sites is 1. The molecule has 1 aromatic carbocycles. The lowest BCUT2D eigenvalue weighted by molar-refractivity contribution is 0.0823. The van der Waals surface area contributed by atoms with Crippen LogP contribution in [0.25, 0.3) is 0 Å². The van der Waals surface area contributed by atoms with E-state index < -0.39 is 0 Å². The van der Waals surface area contributed by atoms with Crippen LogP contribution in [0.1, 0.15) is 12.8 Å². The monoisotopic (exact) mass is 234 g/mol. The standard InChI is InChI=1S/C14H22N2O/c1-16(12-14-8-5-11-17-14)10-9-15-13-6-3-2-4-7-13/h2-4,6-7,14-15H,5,8-12H2,1H3. The molecule has 3 nitrogen and oxygen atoms in total. The Morgan fingerprint density at radius 2 is 2.18 bits per heavy atom. The maximum atomic E-state index is 5.63. The normalized spacial score (nSPS) is 19.8. The fraction of sp³-hybridized carbons (Fsp3) is 0.571. The SMILES string of the molecule is CN(CCNc1ccccc1)CC1CCCO1. The van der Waals surface area contributed by atoms with E-state index in [1.54, 1.807) is 0 Å². The highest BCUT2D eigenvalue weighted by Gasteiger charge is 2.16. The number of hydrogen-bond acceptors (Lipinski definition) is 3. The van der Waals surface area contributed by atoms with E-state index in [0.717, 1.165) is 26.2 Å². The molecule has 3 heteroatoms. The van der Waals surface area contributed by atoms with E-state index in [1.807, 2.05) is 6.07 Å². The Morgan fingerprint density at radius 1 is 1.35 bits per heavy atom. The smallest absolute Gasteiger partial charge is 0.0702 e. The lowest BCUT2D eigenvalue weighted by atomic mass is 10.2. The van der Waals surface area contributed by atoms with E-state index in [9.17, 15) is 0 Å². The van der Waals surface area contributed by atoms with Crippen molar-refractivity contribution in [2.75, 3.05) is 38.6 Å². The molecule has 0 spiro atoms. The number of ether oxygens (including phenoxy) is 1. The van der Waals surface area contributed by atoms with Gasteiger partial charge in [-0.2, -0.15) is 0 Å². The topological polar surface area (TPSA) is 24.5 Å². The van der Waals surface area contributed by atoms with E-state index in [4.69, 9.17) is 4.74 Å². The average Bonchev–Trinajstić information content (AvgIpc) is 2.83. The van der Waals surface area contributed by atoms with Gasteiger partial charge in [-0.15, -0.1) is 0 Å². The number of anilines is 1. The molecular weight excluding hydrogens is 212 g/mol. The summed E-state index contributed by atoms with van der Waals surface area (Å²) < 4.78 is 5.63. The van der Waals surface area contributed by atoms with Crippen LogP contribution in [0.15, 0.2) is 30.3 Å². The van der Waals surface area contributed by atoms with Gasteiger partial charge in [0, 0.05) is 31.9 Å². The van der Waals surface area contributed by atoms with Crippen LogP contribution in [0, 0.1) is 0 Å². The van der Waals surface area contributed by atoms with Gasteiger partial charge in [0.1, 0.15) is 0 Å².